The first kappa shape index (κ1) is 21.2. The zero-order valence-corrected chi connectivity index (χ0v) is 17.9. The second-order valence-electron chi connectivity index (χ2n) is 8.03. The number of Topliss-reactive ketones (excluding diaryl/α,β-unsaturated/α-hetero) is 1. The van der Waals surface area contributed by atoms with Crippen LogP contribution in [0.3, 0.4) is 0 Å². The standard InChI is InChI=1S/C23H28ClN3O3/c24-20-15-25-18(13-22(28)17-6-10-30-11-7-17)12-19(20)21-2-1-3-23(27-21)26-14-16-4-8-29-9-5-16/h1-3,12,15-17H,4-11,13-14H2,(H,26,27). The van der Waals surface area contributed by atoms with Gasteiger partial charge in [0.15, 0.2) is 0 Å². The van der Waals surface area contributed by atoms with Crippen molar-refractivity contribution < 1.29 is 14.3 Å². The number of ether oxygens (including phenoxy) is 2. The first-order valence-electron chi connectivity index (χ1n) is 10.7. The van der Waals surface area contributed by atoms with Gasteiger partial charge < -0.3 is 14.8 Å². The van der Waals surface area contributed by atoms with Gasteiger partial charge in [0.2, 0.25) is 0 Å². The molecule has 4 rings (SSSR count). The van der Waals surface area contributed by atoms with Crippen molar-refractivity contribution in [3.8, 4) is 11.3 Å². The highest BCUT2D eigenvalue weighted by atomic mass is 35.5. The van der Waals surface area contributed by atoms with Gasteiger partial charge in [-0.1, -0.05) is 17.7 Å². The molecule has 0 aliphatic carbocycles. The predicted molar refractivity (Wildman–Crippen MR) is 117 cm³/mol. The first-order valence-corrected chi connectivity index (χ1v) is 11.1. The highest BCUT2D eigenvalue weighted by Gasteiger charge is 2.22. The zero-order valence-electron chi connectivity index (χ0n) is 17.1. The molecule has 30 heavy (non-hydrogen) atoms. The summed E-state index contributed by atoms with van der Waals surface area (Å²) < 4.78 is 10.8. The van der Waals surface area contributed by atoms with Crippen molar-refractivity contribution in [2.75, 3.05) is 38.3 Å². The molecular weight excluding hydrogens is 402 g/mol. The summed E-state index contributed by atoms with van der Waals surface area (Å²) in [6, 6.07) is 7.76. The Kier molecular flexibility index (Phi) is 7.31. The van der Waals surface area contributed by atoms with Crippen molar-refractivity contribution in [1.82, 2.24) is 9.97 Å². The van der Waals surface area contributed by atoms with Gasteiger partial charge in [0.05, 0.1) is 10.7 Å². The molecule has 160 valence electrons. The number of hydrogen-bond acceptors (Lipinski definition) is 6. The van der Waals surface area contributed by atoms with Crippen LogP contribution in [0.2, 0.25) is 5.02 Å². The van der Waals surface area contributed by atoms with E-state index in [0.717, 1.165) is 68.2 Å². The first-order chi connectivity index (χ1) is 14.7. The van der Waals surface area contributed by atoms with Crippen molar-refractivity contribution >= 4 is 23.2 Å². The molecule has 0 unspecified atom stereocenters. The number of carbonyl (C=O) groups is 1. The Morgan fingerprint density at radius 1 is 1.10 bits per heavy atom. The molecule has 0 aromatic carbocycles. The molecule has 4 heterocycles. The van der Waals surface area contributed by atoms with Gasteiger partial charge in [-0.3, -0.25) is 9.78 Å². The largest absolute Gasteiger partial charge is 0.381 e. The predicted octanol–water partition coefficient (Wildman–Crippen LogP) is 4.17. The van der Waals surface area contributed by atoms with Crippen LogP contribution in [0.5, 0.6) is 0 Å². The molecule has 2 aromatic rings. The molecule has 2 aromatic heterocycles. The van der Waals surface area contributed by atoms with Gasteiger partial charge >= 0.3 is 0 Å². The van der Waals surface area contributed by atoms with Gasteiger partial charge in [-0.15, -0.1) is 0 Å². The maximum atomic E-state index is 12.6. The van der Waals surface area contributed by atoms with E-state index in [9.17, 15) is 4.79 Å². The van der Waals surface area contributed by atoms with E-state index in [0.29, 0.717) is 30.6 Å². The summed E-state index contributed by atoms with van der Waals surface area (Å²) in [6.45, 7) is 3.87. The number of halogens is 1. The van der Waals surface area contributed by atoms with Gasteiger partial charge in [-0.2, -0.15) is 0 Å². The molecule has 0 saturated carbocycles. The van der Waals surface area contributed by atoms with Gasteiger partial charge in [-0.25, -0.2) is 4.98 Å². The lowest BCUT2D eigenvalue weighted by atomic mass is 9.92. The van der Waals surface area contributed by atoms with E-state index >= 15 is 0 Å². The lowest BCUT2D eigenvalue weighted by Crippen LogP contribution is -2.25. The molecule has 1 N–H and O–H groups in total. The summed E-state index contributed by atoms with van der Waals surface area (Å²) in [5.41, 5.74) is 2.31. The van der Waals surface area contributed by atoms with E-state index in [-0.39, 0.29) is 11.7 Å². The van der Waals surface area contributed by atoms with Gasteiger partial charge in [0.25, 0.3) is 0 Å². The van der Waals surface area contributed by atoms with E-state index in [1.807, 2.05) is 24.3 Å². The summed E-state index contributed by atoms with van der Waals surface area (Å²) in [5, 5.41) is 3.98. The molecule has 7 heteroatoms. The molecule has 0 radical (unpaired) electrons. The third kappa shape index (κ3) is 5.56. The van der Waals surface area contributed by atoms with Gasteiger partial charge in [-0.05, 0) is 49.8 Å². The third-order valence-corrected chi connectivity index (χ3v) is 6.18. The number of nitrogens with one attached hydrogen (secondary N) is 1. The van der Waals surface area contributed by atoms with Crippen molar-refractivity contribution in [2.45, 2.75) is 32.1 Å². The van der Waals surface area contributed by atoms with Crippen molar-refractivity contribution in [1.29, 1.82) is 0 Å². The van der Waals surface area contributed by atoms with Gasteiger partial charge in [0, 0.05) is 62.8 Å². The van der Waals surface area contributed by atoms with Crippen LogP contribution < -0.4 is 5.32 Å². The second-order valence-corrected chi connectivity index (χ2v) is 8.44. The van der Waals surface area contributed by atoms with Crippen LogP contribution in [0.15, 0.2) is 30.5 Å². The van der Waals surface area contributed by atoms with E-state index in [2.05, 4.69) is 10.3 Å². The summed E-state index contributed by atoms with van der Waals surface area (Å²) in [6.07, 6.45) is 5.67. The SMILES string of the molecule is O=C(Cc1cc(-c2cccc(NCC3CCOCC3)n2)c(Cl)cn1)C1CCOCC1. The molecule has 0 spiro atoms. The number of rotatable bonds is 7. The second kappa shape index (κ2) is 10.3. The third-order valence-electron chi connectivity index (χ3n) is 5.88. The Hall–Kier alpha value is -2.02. The fourth-order valence-corrected chi connectivity index (χ4v) is 4.20. The van der Waals surface area contributed by atoms with Crippen LogP contribution >= 0.6 is 11.6 Å². The number of carbonyl (C=O) groups excluding carboxylic acids is 1. The molecule has 2 saturated heterocycles. The van der Waals surface area contributed by atoms with Crippen LogP contribution in [0, 0.1) is 11.8 Å². The number of hydrogen-bond donors (Lipinski definition) is 1. The molecule has 0 atom stereocenters. The minimum absolute atomic E-state index is 0.0653. The van der Waals surface area contributed by atoms with Crippen LogP contribution in [0.4, 0.5) is 5.82 Å². The van der Waals surface area contributed by atoms with Crippen molar-refractivity contribution in [2.24, 2.45) is 11.8 Å². The molecule has 0 bridgehead atoms. The summed E-state index contributed by atoms with van der Waals surface area (Å²) >= 11 is 6.43. The van der Waals surface area contributed by atoms with Crippen LogP contribution in [0.25, 0.3) is 11.3 Å². The number of ketones is 1. The minimum Gasteiger partial charge on any atom is -0.381 e. The van der Waals surface area contributed by atoms with E-state index in [1.165, 1.54) is 0 Å². The lowest BCUT2D eigenvalue weighted by molar-refractivity contribution is -0.125. The van der Waals surface area contributed by atoms with E-state index < -0.39 is 0 Å². The van der Waals surface area contributed by atoms with Crippen LogP contribution in [0.1, 0.15) is 31.4 Å². The molecule has 2 aliphatic rings. The Labute approximate surface area is 182 Å². The quantitative estimate of drug-likeness (QED) is 0.711. The van der Waals surface area contributed by atoms with Crippen LogP contribution in [-0.4, -0.2) is 48.7 Å². The fourth-order valence-electron chi connectivity index (χ4n) is 4.00. The van der Waals surface area contributed by atoms with Crippen LogP contribution in [-0.2, 0) is 20.7 Å². The normalized spacial score (nSPS) is 18.3. The summed E-state index contributed by atoms with van der Waals surface area (Å²) in [7, 11) is 0. The number of pyridine rings is 2. The zero-order chi connectivity index (χ0) is 20.8. The Morgan fingerprint density at radius 2 is 1.83 bits per heavy atom. The Balaban J connectivity index is 1.45. The molecular formula is C23H28ClN3O3. The number of anilines is 1. The molecule has 0 amide bonds. The molecule has 2 fully saturated rings. The molecule has 6 nitrogen and oxygen atoms in total. The highest BCUT2D eigenvalue weighted by Crippen LogP contribution is 2.28. The van der Waals surface area contributed by atoms with E-state index in [1.54, 1.807) is 6.20 Å². The van der Waals surface area contributed by atoms with Crippen molar-refractivity contribution in [3.63, 3.8) is 0 Å². The number of aromatic nitrogens is 2. The fraction of sp³-hybridized carbons (Fsp3) is 0.522. The highest BCUT2D eigenvalue weighted by molar-refractivity contribution is 6.33. The number of nitrogens with zero attached hydrogens (tertiary/aromatic N) is 2. The maximum Gasteiger partial charge on any atom is 0.142 e. The average Bonchev–Trinajstić information content (AvgIpc) is 2.80. The maximum absolute atomic E-state index is 12.6. The lowest BCUT2D eigenvalue weighted by Gasteiger charge is -2.22. The summed E-state index contributed by atoms with van der Waals surface area (Å²) in [5.74, 6) is 1.72. The molecule has 2 aliphatic heterocycles. The minimum atomic E-state index is 0.0653. The average molecular weight is 430 g/mol. The van der Waals surface area contributed by atoms with Gasteiger partial charge in [0.1, 0.15) is 11.6 Å². The summed E-state index contributed by atoms with van der Waals surface area (Å²) in [4.78, 5) is 21.7. The monoisotopic (exact) mass is 429 g/mol. The Morgan fingerprint density at radius 3 is 2.60 bits per heavy atom. The van der Waals surface area contributed by atoms with Crippen molar-refractivity contribution in [3.05, 3.63) is 41.2 Å². The smallest absolute Gasteiger partial charge is 0.142 e. The topological polar surface area (TPSA) is 73.3 Å². The Bertz CT molecular complexity index is 865. The van der Waals surface area contributed by atoms with E-state index in [4.69, 9.17) is 26.1 Å².